The average molecular weight is 344 g/mol. The van der Waals surface area contributed by atoms with Gasteiger partial charge in [-0.15, -0.1) is 0 Å². The van der Waals surface area contributed by atoms with Crippen molar-refractivity contribution in [2.45, 2.75) is 51.6 Å². The molecule has 0 aromatic heterocycles. The maximum absolute atomic E-state index is 12.3. The van der Waals surface area contributed by atoms with E-state index in [0.717, 1.165) is 43.7 Å². The van der Waals surface area contributed by atoms with Crippen LogP contribution in [0.25, 0.3) is 0 Å². The van der Waals surface area contributed by atoms with Gasteiger partial charge in [-0.3, -0.25) is 9.59 Å². The molecule has 1 aromatic rings. The first-order chi connectivity index (χ1) is 11.9. The topological polar surface area (TPSA) is 58.6 Å². The molecule has 136 valence electrons. The number of rotatable bonds is 5. The monoisotopic (exact) mass is 344 g/mol. The van der Waals surface area contributed by atoms with Crippen LogP contribution in [0.4, 0.5) is 5.69 Å². The zero-order valence-corrected chi connectivity index (χ0v) is 15.2. The summed E-state index contributed by atoms with van der Waals surface area (Å²) in [5, 5.41) is 3.06. The molecule has 1 aromatic carbocycles. The minimum Gasteiger partial charge on any atom is -0.376 e. The summed E-state index contributed by atoms with van der Waals surface area (Å²) in [4.78, 5) is 26.0. The van der Waals surface area contributed by atoms with E-state index in [1.54, 1.807) is 0 Å². The molecule has 1 atom stereocenters. The van der Waals surface area contributed by atoms with Gasteiger partial charge in [-0.25, -0.2) is 0 Å². The summed E-state index contributed by atoms with van der Waals surface area (Å²) < 4.78 is 5.72. The van der Waals surface area contributed by atoms with E-state index in [9.17, 15) is 9.59 Å². The van der Waals surface area contributed by atoms with Gasteiger partial charge in [0.1, 0.15) is 0 Å². The highest BCUT2D eigenvalue weighted by molar-refractivity contribution is 5.95. The number of hydrogen-bond acceptors (Lipinski definition) is 3. The summed E-state index contributed by atoms with van der Waals surface area (Å²) in [6.07, 6.45) is 3.84. The molecule has 0 unspecified atom stereocenters. The SMILES string of the molecule is CC1(C)C[C@@H](CNC(=O)Cc2cccc(N3CCCC3=O)c2)CCO1. The summed E-state index contributed by atoms with van der Waals surface area (Å²) in [5.41, 5.74) is 1.76. The molecule has 2 fully saturated rings. The van der Waals surface area contributed by atoms with Crippen molar-refractivity contribution in [1.82, 2.24) is 5.32 Å². The van der Waals surface area contributed by atoms with Crippen LogP contribution in [-0.2, 0) is 20.7 Å². The zero-order chi connectivity index (χ0) is 17.9. The fourth-order valence-electron chi connectivity index (χ4n) is 3.79. The van der Waals surface area contributed by atoms with Crippen molar-refractivity contribution >= 4 is 17.5 Å². The second-order valence-corrected chi connectivity index (χ2v) is 7.77. The minimum absolute atomic E-state index is 0.0363. The van der Waals surface area contributed by atoms with E-state index >= 15 is 0 Å². The Balaban J connectivity index is 1.52. The van der Waals surface area contributed by atoms with Crippen molar-refractivity contribution in [2.75, 3.05) is 24.6 Å². The van der Waals surface area contributed by atoms with Crippen LogP contribution in [0, 0.1) is 5.92 Å². The first-order valence-electron chi connectivity index (χ1n) is 9.23. The number of amides is 2. The molecule has 5 nitrogen and oxygen atoms in total. The van der Waals surface area contributed by atoms with Gasteiger partial charge in [0.2, 0.25) is 11.8 Å². The molecule has 1 N–H and O–H groups in total. The van der Waals surface area contributed by atoms with Crippen molar-refractivity contribution in [1.29, 1.82) is 0 Å². The van der Waals surface area contributed by atoms with Crippen molar-refractivity contribution in [3.05, 3.63) is 29.8 Å². The number of nitrogens with one attached hydrogen (secondary N) is 1. The Kier molecular flexibility index (Phi) is 5.42. The highest BCUT2D eigenvalue weighted by Crippen LogP contribution is 2.28. The predicted molar refractivity (Wildman–Crippen MR) is 97.5 cm³/mol. The number of carbonyl (C=O) groups is 2. The van der Waals surface area contributed by atoms with Crippen molar-refractivity contribution in [3.63, 3.8) is 0 Å². The van der Waals surface area contributed by atoms with Gasteiger partial charge >= 0.3 is 0 Å². The van der Waals surface area contributed by atoms with Crippen LogP contribution in [-0.4, -0.2) is 37.1 Å². The lowest BCUT2D eigenvalue weighted by atomic mass is 9.88. The van der Waals surface area contributed by atoms with E-state index in [1.807, 2.05) is 29.2 Å². The normalized spacial score (nSPS) is 22.9. The summed E-state index contributed by atoms with van der Waals surface area (Å²) in [6, 6.07) is 7.76. The highest BCUT2D eigenvalue weighted by Gasteiger charge is 2.28. The van der Waals surface area contributed by atoms with Gasteiger partial charge in [-0.2, -0.15) is 0 Å². The molecule has 5 heteroatoms. The largest absolute Gasteiger partial charge is 0.376 e. The van der Waals surface area contributed by atoms with E-state index in [-0.39, 0.29) is 17.4 Å². The van der Waals surface area contributed by atoms with Crippen molar-refractivity contribution in [2.24, 2.45) is 5.92 Å². The first-order valence-corrected chi connectivity index (χ1v) is 9.23. The highest BCUT2D eigenvalue weighted by atomic mass is 16.5. The molecule has 2 aliphatic heterocycles. The standard InChI is InChI=1S/C20H28N2O3/c1-20(2)13-16(8-10-25-20)14-21-18(23)12-15-5-3-6-17(11-15)22-9-4-7-19(22)24/h3,5-6,11,16H,4,7-10,12-14H2,1-2H3,(H,21,23)/t16-/m0/s1. The summed E-state index contributed by atoms with van der Waals surface area (Å²) in [7, 11) is 0. The summed E-state index contributed by atoms with van der Waals surface area (Å²) >= 11 is 0. The fraction of sp³-hybridized carbons (Fsp3) is 0.600. The Morgan fingerprint density at radius 3 is 2.96 bits per heavy atom. The Bertz CT molecular complexity index is 642. The molecule has 0 aliphatic carbocycles. The third-order valence-corrected chi connectivity index (χ3v) is 5.05. The van der Waals surface area contributed by atoms with Gasteiger partial charge in [0.25, 0.3) is 0 Å². The third kappa shape index (κ3) is 4.82. The van der Waals surface area contributed by atoms with Crippen molar-refractivity contribution < 1.29 is 14.3 Å². The molecule has 2 heterocycles. The molecule has 0 bridgehead atoms. The first kappa shape index (κ1) is 17.9. The van der Waals surface area contributed by atoms with Crippen LogP contribution >= 0.6 is 0 Å². The molecule has 2 aliphatic rings. The maximum atomic E-state index is 12.3. The second-order valence-electron chi connectivity index (χ2n) is 7.77. The van der Waals surface area contributed by atoms with Crippen LogP contribution < -0.4 is 10.2 Å². The van der Waals surface area contributed by atoms with E-state index in [2.05, 4.69) is 19.2 Å². The molecule has 0 saturated carbocycles. The molecular formula is C20H28N2O3. The van der Waals surface area contributed by atoms with Gasteiger partial charge < -0.3 is 15.0 Å². The smallest absolute Gasteiger partial charge is 0.227 e. The second kappa shape index (κ2) is 7.56. The molecule has 25 heavy (non-hydrogen) atoms. The van der Waals surface area contributed by atoms with Crippen LogP contribution in [0.2, 0.25) is 0 Å². The van der Waals surface area contributed by atoms with Gasteiger partial charge in [0.05, 0.1) is 12.0 Å². The number of ether oxygens (including phenoxy) is 1. The van der Waals surface area contributed by atoms with E-state index in [4.69, 9.17) is 4.74 Å². The van der Waals surface area contributed by atoms with Crippen LogP contribution in [0.5, 0.6) is 0 Å². The van der Waals surface area contributed by atoms with E-state index < -0.39 is 0 Å². The van der Waals surface area contributed by atoms with Gasteiger partial charge in [-0.05, 0) is 56.7 Å². The number of nitrogens with zero attached hydrogens (tertiary/aromatic N) is 1. The lowest BCUT2D eigenvalue weighted by molar-refractivity contribution is -0.121. The molecule has 2 saturated heterocycles. The van der Waals surface area contributed by atoms with Crippen LogP contribution in [0.15, 0.2) is 24.3 Å². The molecule has 3 rings (SSSR count). The predicted octanol–water partition coefficient (Wildman–Crippen LogP) is 2.68. The number of anilines is 1. The molecule has 2 amide bonds. The van der Waals surface area contributed by atoms with Gasteiger partial charge in [0, 0.05) is 31.8 Å². The third-order valence-electron chi connectivity index (χ3n) is 5.05. The Hall–Kier alpha value is -1.88. The molecular weight excluding hydrogens is 316 g/mol. The Morgan fingerprint density at radius 2 is 2.24 bits per heavy atom. The number of benzene rings is 1. The summed E-state index contributed by atoms with van der Waals surface area (Å²) in [5.74, 6) is 0.680. The van der Waals surface area contributed by atoms with Crippen molar-refractivity contribution in [3.8, 4) is 0 Å². The Labute approximate surface area is 149 Å². The Morgan fingerprint density at radius 1 is 1.40 bits per heavy atom. The van der Waals surface area contributed by atoms with Crippen LogP contribution in [0.1, 0.15) is 45.1 Å². The quantitative estimate of drug-likeness (QED) is 0.893. The lowest BCUT2D eigenvalue weighted by Gasteiger charge is -2.35. The van der Waals surface area contributed by atoms with E-state index in [0.29, 0.717) is 25.3 Å². The summed E-state index contributed by atoms with van der Waals surface area (Å²) in [6.45, 7) is 6.45. The van der Waals surface area contributed by atoms with Gasteiger partial charge in [-0.1, -0.05) is 12.1 Å². The lowest BCUT2D eigenvalue weighted by Crippen LogP contribution is -2.39. The van der Waals surface area contributed by atoms with Gasteiger partial charge in [0.15, 0.2) is 0 Å². The maximum Gasteiger partial charge on any atom is 0.227 e. The number of carbonyl (C=O) groups excluding carboxylic acids is 2. The zero-order valence-electron chi connectivity index (χ0n) is 15.2. The average Bonchev–Trinajstić information content (AvgIpc) is 2.98. The molecule has 0 spiro atoms. The van der Waals surface area contributed by atoms with E-state index in [1.165, 1.54) is 0 Å². The minimum atomic E-state index is -0.0930. The van der Waals surface area contributed by atoms with Crippen LogP contribution in [0.3, 0.4) is 0 Å². The molecule has 0 radical (unpaired) electrons. The fourth-order valence-corrected chi connectivity index (χ4v) is 3.79. The number of hydrogen-bond donors (Lipinski definition) is 1.